The summed E-state index contributed by atoms with van der Waals surface area (Å²) in [4.78, 5) is 12.7. The Balaban J connectivity index is 2.05. The lowest BCUT2D eigenvalue weighted by Crippen LogP contribution is -2.56. The number of hydrogen-bond donors (Lipinski definition) is 3. The van der Waals surface area contributed by atoms with Crippen molar-refractivity contribution in [2.75, 3.05) is 5.32 Å². The van der Waals surface area contributed by atoms with Gasteiger partial charge >= 0.3 is 0 Å². The lowest BCUT2D eigenvalue weighted by atomic mass is 10.3. The average Bonchev–Trinajstić information content (AvgIpc) is 3.02. The van der Waals surface area contributed by atoms with Crippen LogP contribution >= 0.6 is 80.9 Å². The summed E-state index contributed by atoms with van der Waals surface area (Å²) in [7, 11) is 0. The van der Waals surface area contributed by atoms with Crippen LogP contribution in [0.2, 0.25) is 0 Å². The lowest BCUT2D eigenvalue weighted by molar-refractivity contribution is 0.0938. The molecule has 1 unspecified atom stereocenters. The summed E-state index contributed by atoms with van der Waals surface area (Å²) in [6.07, 6.45) is -1.00. The summed E-state index contributed by atoms with van der Waals surface area (Å²) in [5, 5.41) is 10.5. The highest BCUT2D eigenvalue weighted by Crippen LogP contribution is 2.29. The van der Waals surface area contributed by atoms with Gasteiger partial charge in [-0.1, -0.05) is 53.0 Å². The molecule has 1 atom stereocenters. The molecule has 0 radical (unpaired) electrons. The van der Waals surface area contributed by atoms with Gasteiger partial charge in [0.15, 0.2) is 5.11 Å². The van der Waals surface area contributed by atoms with Gasteiger partial charge in [-0.15, -0.1) is 11.3 Å². The van der Waals surface area contributed by atoms with E-state index in [2.05, 4.69) is 38.5 Å². The van der Waals surface area contributed by atoms with E-state index in [1.807, 2.05) is 24.3 Å². The van der Waals surface area contributed by atoms with Gasteiger partial charge in [0.05, 0.1) is 10.6 Å². The second-order valence-corrected chi connectivity index (χ2v) is 9.39. The third-order valence-electron chi connectivity index (χ3n) is 2.75. The maximum atomic E-state index is 12.2. The normalized spacial score (nSPS) is 12.3. The molecule has 10 heteroatoms. The van der Waals surface area contributed by atoms with Gasteiger partial charge in [0.2, 0.25) is 3.79 Å². The number of halogens is 4. The molecule has 4 nitrogen and oxygen atoms in total. The maximum absolute atomic E-state index is 12.2. The molecule has 0 aliphatic heterocycles. The smallest absolute Gasteiger partial charge is 0.263 e. The molecule has 128 valence electrons. The summed E-state index contributed by atoms with van der Waals surface area (Å²) < 4.78 is -0.810. The van der Waals surface area contributed by atoms with Gasteiger partial charge in [-0.3, -0.25) is 4.79 Å². The Morgan fingerprint density at radius 3 is 2.46 bits per heavy atom. The first-order valence-electron chi connectivity index (χ1n) is 6.50. The highest BCUT2D eigenvalue weighted by atomic mass is 127. The third-order valence-corrected chi connectivity index (χ3v) is 5.43. The van der Waals surface area contributed by atoms with Crippen molar-refractivity contribution in [1.82, 2.24) is 10.6 Å². The quantitative estimate of drug-likeness (QED) is 0.229. The van der Waals surface area contributed by atoms with E-state index >= 15 is 0 Å². The molecule has 0 saturated heterocycles. The Kier molecular flexibility index (Phi) is 7.39. The summed E-state index contributed by atoms with van der Waals surface area (Å²) in [6.45, 7) is 0. The van der Waals surface area contributed by atoms with E-state index in [1.54, 1.807) is 17.5 Å². The van der Waals surface area contributed by atoms with Crippen molar-refractivity contribution in [2.24, 2.45) is 0 Å². The van der Waals surface area contributed by atoms with Crippen LogP contribution in [0.5, 0.6) is 0 Å². The SMILES string of the molecule is O=C(NC(NC(=S)Nc1ccccc1I)C(Cl)(Cl)Cl)c1cccs1. The summed E-state index contributed by atoms with van der Waals surface area (Å²) >= 11 is 26.6. The van der Waals surface area contributed by atoms with Gasteiger partial charge in [0.25, 0.3) is 5.91 Å². The number of carbonyl (C=O) groups is 1. The second kappa shape index (κ2) is 8.86. The van der Waals surface area contributed by atoms with E-state index in [-0.39, 0.29) is 11.0 Å². The maximum Gasteiger partial charge on any atom is 0.263 e. The minimum absolute atomic E-state index is 0.224. The number of benzene rings is 1. The zero-order valence-electron chi connectivity index (χ0n) is 11.9. The Morgan fingerprint density at radius 1 is 1.17 bits per heavy atom. The molecular formula is C14H11Cl3IN3OS2. The standard InChI is InChI=1S/C14H11Cl3IN3OS2/c15-14(16,17)12(20-11(22)10-6-3-7-24-10)21-13(23)19-9-5-2-1-4-8(9)18/h1-7,12H,(H,20,22)(H2,19,21,23). The number of amides is 1. The molecule has 0 saturated carbocycles. The van der Waals surface area contributed by atoms with E-state index in [0.29, 0.717) is 4.88 Å². The molecule has 1 heterocycles. The molecule has 2 aromatic rings. The van der Waals surface area contributed by atoms with Gasteiger partial charge < -0.3 is 16.0 Å². The third kappa shape index (κ3) is 5.89. The number of rotatable bonds is 4. The van der Waals surface area contributed by atoms with E-state index in [4.69, 9.17) is 47.0 Å². The van der Waals surface area contributed by atoms with Crippen LogP contribution in [0.25, 0.3) is 0 Å². The topological polar surface area (TPSA) is 53.2 Å². The fourth-order valence-corrected chi connectivity index (χ4v) is 3.37. The number of para-hydroxylation sites is 1. The molecule has 24 heavy (non-hydrogen) atoms. The number of thiophene rings is 1. The largest absolute Gasteiger partial charge is 0.339 e. The molecular weight excluding hydrogens is 524 g/mol. The van der Waals surface area contributed by atoms with Crippen molar-refractivity contribution < 1.29 is 4.79 Å². The number of anilines is 1. The minimum Gasteiger partial charge on any atom is -0.339 e. The fourth-order valence-electron chi connectivity index (χ4n) is 1.66. The predicted octanol–water partition coefficient (Wildman–Crippen LogP) is 4.77. The van der Waals surface area contributed by atoms with Crippen molar-refractivity contribution in [3.8, 4) is 0 Å². The van der Waals surface area contributed by atoms with Crippen molar-refractivity contribution in [3.05, 3.63) is 50.2 Å². The van der Waals surface area contributed by atoms with Crippen LogP contribution < -0.4 is 16.0 Å². The summed E-state index contributed by atoms with van der Waals surface area (Å²) in [5.41, 5.74) is 0.809. The first kappa shape index (κ1) is 20.0. The Labute approximate surface area is 177 Å². The number of thiocarbonyl (C=S) groups is 1. The summed E-state index contributed by atoms with van der Waals surface area (Å²) in [6, 6.07) is 11.0. The molecule has 0 bridgehead atoms. The van der Waals surface area contributed by atoms with Gasteiger partial charge in [-0.05, 0) is 58.4 Å². The molecule has 0 spiro atoms. The fraction of sp³-hybridized carbons (Fsp3) is 0.143. The first-order chi connectivity index (χ1) is 11.3. The van der Waals surface area contributed by atoms with E-state index < -0.39 is 9.96 Å². The first-order valence-corrected chi connectivity index (χ1v) is 10.0. The molecule has 3 N–H and O–H groups in total. The molecule has 1 aromatic heterocycles. The van der Waals surface area contributed by atoms with Gasteiger partial charge in [-0.25, -0.2) is 0 Å². The van der Waals surface area contributed by atoms with Crippen LogP contribution in [0.4, 0.5) is 5.69 Å². The Morgan fingerprint density at radius 2 is 1.88 bits per heavy atom. The number of alkyl halides is 3. The van der Waals surface area contributed by atoms with Gasteiger partial charge in [0.1, 0.15) is 6.17 Å². The van der Waals surface area contributed by atoms with Gasteiger partial charge in [-0.2, -0.15) is 0 Å². The molecule has 0 aliphatic carbocycles. The monoisotopic (exact) mass is 533 g/mol. The predicted molar refractivity (Wildman–Crippen MR) is 114 cm³/mol. The number of hydrogen-bond acceptors (Lipinski definition) is 3. The van der Waals surface area contributed by atoms with Gasteiger partial charge in [0, 0.05) is 3.57 Å². The van der Waals surface area contributed by atoms with Crippen LogP contribution in [0.15, 0.2) is 41.8 Å². The average molecular weight is 535 g/mol. The summed E-state index contributed by atoms with van der Waals surface area (Å²) in [5.74, 6) is -0.356. The number of nitrogens with one attached hydrogen (secondary N) is 3. The minimum atomic E-state index is -1.79. The van der Waals surface area contributed by atoms with Crippen LogP contribution in [-0.4, -0.2) is 21.0 Å². The zero-order valence-corrected chi connectivity index (χ0v) is 17.9. The highest BCUT2D eigenvalue weighted by Gasteiger charge is 2.35. The van der Waals surface area contributed by atoms with Crippen LogP contribution in [-0.2, 0) is 0 Å². The van der Waals surface area contributed by atoms with Crippen molar-refractivity contribution >= 4 is 97.7 Å². The van der Waals surface area contributed by atoms with E-state index in [0.717, 1.165) is 9.26 Å². The zero-order chi connectivity index (χ0) is 17.7. The Hall–Kier alpha value is -0.320. The highest BCUT2D eigenvalue weighted by molar-refractivity contribution is 14.1. The van der Waals surface area contributed by atoms with E-state index in [9.17, 15) is 4.79 Å². The van der Waals surface area contributed by atoms with Crippen LogP contribution in [0, 0.1) is 3.57 Å². The lowest BCUT2D eigenvalue weighted by Gasteiger charge is -2.27. The number of carbonyl (C=O) groups excluding carboxylic acids is 1. The van der Waals surface area contributed by atoms with Crippen LogP contribution in [0.3, 0.4) is 0 Å². The Bertz CT molecular complexity index is 722. The van der Waals surface area contributed by atoms with Crippen LogP contribution in [0.1, 0.15) is 9.67 Å². The molecule has 1 aromatic carbocycles. The molecule has 0 fully saturated rings. The molecule has 2 rings (SSSR count). The van der Waals surface area contributed by atoms with Crippen molar-refractivity contribution in [3.63, 3.8) is 0 Å². The van der Waals surface area contributed by atoms with Crippen molar-refractivity contribution in [2.45, 2.75) is 9.96 Å². The molecule has 0 aliphatic rings. The van der Waals surface area contributed by atoms with Crippen molar-refractivity contribution in [1.29, 1.82) is 0 Å². The molecule has 1 amide bonds. The second-order valence-electron chi connectivity index (χ2n) is 4.50. The van der Waals surface area contributed by atoms with E-state index in [1.165, 1.54) is 11.3 Å².